The number of likely N-dealkylation sites (tertiary alicyclic amines) is 1. The topological polar surface area (TPSA) is 74.4 Å². The molecular weight excluding hydrogens is 390 g/mol. The van der Waals surface area contributed by atoms with Crippen molar-refractivity contribution < 1.29 is 14.3 Å². The van der Waals surface area contributed by atoms with Gasteiger partial charge in [0, 0.05) is 23.9 Å². The highest BCUT2D eigenvalue weighted by Gasteiger charge is 2.51. The van der Waals surface area contributed by atoms with Gasteiger partial charge < -0.3 is 19.9 Å². The lowest BCUT2D eigenvalue weighted by Crippen LogP contribution is -2.58. The van der Waals surface area contributed by atoms with Gasteiger partial charge in [0.15, 0.2) is 0 Å². The first kappa shape index (κ1) is 19.7. The van der Waals surface area contributed by atoms with Gasteiger partial charge in [-0.05, 0) is 61.6 Å². The molecule has 2 fully saturated rings. The number of aromatic nitrogens is 1. The van der Waals surface area contributed by atoms with Crippen LogP contribution in [0.5, 0.6) is 5.75 Å². The monoisotopic (exact) mass is 417 g/mol. The zero-order valence-electron chi connectivity index (χ0n) is 17.9. The minimum absolute atomic E-state index is 0.0309. The highest BCUT2D eigenvalue weighted by atomic mass is 16.5. The predicted octanol–water partition coefficient (Wildman–Crippen LogP) is 4.11. The molecule has 31 heavy (non-hydrogen) atoms. The Bertz CT molecular complexity index is 1150. The van der Waals surface area contributed by atoms with Gasteiger partial charge in [0.05, 0.1) is 18.7 Å². The van der Waals surface area contributed by atoms with Crippen molar-refractivity contribution in [1.82, 2.24) is 15.2 Å². The highest BCUT2D eigenvalue weighted by Crippen LogP contribution is 2.45. The number of rotatable bonds is 3. The first-order chi connectivity index (χ1) is 15.0. The smallest absolute Gasteiger partial charge is 0.270 e. The molecule has 6 heteroatoms. The average molecular weight is 418 g/mol. The average Bonchev–Trinajstić information content (AvgIpc) is 3.38. The van der Waals surface area contributed by atoms with Crippen LogP contribution in [0.25, 0.3) is 10.9 Å². The normalized spacial score (nSPS) is 23.4. The van der Waals surface area contributed by atoms with E-state index in [9.17, 15) is 9.59 Å². The molecule has 2 N–H and O–H groups in total. The van der Waals surface area contributed by atoms with Crippen molar-refractivity contribution in [2.45, 2.75) is 44.2 Å². The van der Waals surface area contributed by atoms with Gasteiger partial charge in [-0.1, -0.05) is 24.3 Å². The molecule has 160 valence electrons. The fourth-order valence-electron chi connectivity index (χ4n) is 5.34. The summed E-state index contributed by atoms with van der Waals surface area (Å²) in [6.07, 6.45) is 2.96. The first-order valence-corrected chi connectivity index (χ1v) is 10.8. The van der Waals surface area contributed by atoms with Gasteiger partial charge in [-0.3, -0.25) is 9.59 Å². The number of piperidine rings is 1. The zero-order chi connectivity index (χ0) is 21.6. The van der Waals surface area contributed by atoms with Gasteiger partial charge in [0.25, 0.3) is 5.91 Å². The first-order valence-electron chi connectivity index (χ1n) is 10.8. The third-order valence-corrected chi connectivity index (χ3v) is 6.85. The Hall–Kier alpha value is -3.28. The van der Waals surface area contributed by atoms with Crippen LogP contribution < -0.4 is 10.1 Å². The third-order valence-electron chi connectivity index (χ3n) is 6.85. The molecule has 1 spiro atoms. The summed E-state index contributed by atoms with van der Waals surface area (Å²) in [7, 11) is 1.64. The van der Waals surface area contributed by atoms with Gasteiger partial charge >= 0.3 is 0 Å². The maximum atomic E-state index is 13.8. The standard InChI is InChI=1S/C25H27N3O3/c1-16-5-3-6-20-19(16)15-21(26-20)24(30)28-14-4-12-25(13-11-22(29)27-25)23(28)17-7-9-18(31-2)10-8-17/h3,5-10,15,23,26H,4,11-14H2,1-2H3,(H,27,29)/t23-,25+/m1/s1. The van der Waals surface area contributed by atoms with E-state index in [4.69, 9.17) is 4.74 Å². The van der Waals surface area contributed by atoms with Crippen LogP contribution in [-0.2, 0) is 4.79 Å². The highest BCUT2D eigenvalue weighted by molar-refractivity contribution is 5.99. The van der Waals surface area contributed by atoms with E-state index in [2.05, 4.69) is 23.3 Å². The Morgan fingerprint density at radius 1 is 1.16 bits per heavy atom. The Balaban J connectivity index is 1.57. The van der Waals surface area contributed by atoms with Crippen LogP contribution >= 0.6 is 0 Å². The fourth-order valence-corrected chi connectivity index (χ4v) is 5.34. The van der Waals surface area contributed by atoms with Crippen molar-refractivity contribution in [3.63, 3.8) is 0 Å². The second-order valence-electron chi connectivity index (χ2n) is 8.70. The summed E-state index contributed by atoms with van der Waals surface area (Å²) in [6.45, 7) is 2.70. The summed E-state index contributed by atoms with van der Waals surface area (Å²) < 4.78 is 5.32. The Kier molecular flexibility index (Phi) is 4.73. The third kappa shape index (κ3) is 3.26. The number of aromatic amines is 1. The molecular formula is C25H27N3O3. The quantitative estimate of drug-likeness (QED) is 0.673. The number of carbonyl (C=O) groups is 2. The molecule has 0 bridgehead atoms. The largest absolute Gasteiger partial charge is 0.497 e. The lowest BCUT2D eigenvalue weighted by molar-refractivity contribution is -0.120. The molecule has 1 aromatic heterocycles. The van der Waals surface area contributed by atoms with Crippen LogP contribution in [0.1, 0.15) is 53.3 Å². The van der Waals surface area contributed by atoms with Crippen LogP contribution in [0.3, 0.4) is 0 Å². The van der Waals surface area contributed by atoms with Crippen LogP contribution in [0.2, 0.25) is 0 Å². The second-order valence-corrected chi connectivity index (χ2v) is 8.70. The van der Waals surface area contributed by atoms with Crippen molar-refractivity contribution in [3.05, 3.63) is 65.4 Å². The summed E-state index contributed by atoms with van der Waals surface area (Å²) in [5, 5.41) is 4.31. The van der Waals surface area contributed by atoms with E-state index in [1.54, 1.807) is 7.11 Å². The molecule has 3 aromatic rings. The van der Waals surface area contributed by atoms with Crippen molar-refractivity contribution >= 4 is 22.7 Å². The van der Waals surface area contributed by atoms with Crippen LogP contribution in [0, 0.1) is 6.92 Å². The molecule has 2 aliphatic rings. The predicted molar refractivity (Wildman–Crippen MR) is 119 cm³/mol. The van der Waals surface area contributed by atoms with E-state index in [1.807, 2.05) is 47.4 Å². The Morgan fingerprint density at radius 3 is 2.65 bits per heavy atom. The summed E-state index contributed by atoms with van der Waals surface area (Å²) in [4.78, 5) is 31.3. The number of nitrogens with one attached hydrogen (secondary N) is 2. The van der Waals surface area contributed by atoms with Crippen molar-refractivity contribution in [2.24, 2.45) is 0 Å². The van der Waals surface area contributed by atoms with E-state index < -0.39 is 5.54 Å². The lowest BCUT2D eigenvalue weighted by atomic mass is 9.76. The molecule has 6 nitrogen and oxygen atoms in total. The van der Waals surface area contributed by atoms with Crippen LogP contribution in [-0.4, -0.2) is 40.9 Å². The van der Waals surface area contributed by atoms with E-state index >= 15 is 0 Å². The second kappa shape index (κ2) is 7.45. The van der Waals surface area contributed by atoms with E-state index in [0.717, 1.165) is 47.0 Å². The molecule has 5 rings (SSSR count). The van der Waals surface area contributed by atoms with Gasteiger partial charge in [0.2, 0.25) is 5.91 Å². The van der Waals surface area contributed by atoms with E-state index in [-0.39, 0.29) is 17.9 Å². The van der Waals surface area contributed by atoms with Gasteiger partial charge in [-0.25, -0.2) is 0 Å². The Labute approximate surface area is 181 Å². The van der Waals surface area contributed by atoms with Crippen LogP contribution in [0.4, 0.5) is 0 Å². The summed E-state index contributed by atoms with van der Waals surface area (Å²) >= 11 is 0. The van der Waals surface area contributed by atoms with Gasteiger partial charge in [-0.15, -0.1) is 0 Å². The minimum Gasteiger partial charge on any atom is -0.497 e. The van der Waals surface area contributed by atoms with Crippen molar-refractivity contribution in [3.8, 4) is 5.75 Å². The number of amides is 2. The van der Waals surface area contributed by atoms with Crippen LogP contribution in [0.15, 0.2) is 48.5 Å². The number of benzene rings is 2. The number of H-pyrrole nitrogens is 1. The zero-order valence-corrected chi connectivity index (χ0v) is 17.9. The Morgan fingerprint density at radius 2 is 1.97 bits per heavy atom. The molecule has 2 aromatic carbocycles. The summed E-state index contributed by atoms with van der Waals surface area (Å²) in [6, 6.07) is 15.6. The maximum absolute atomic E-state index is 13.8. The van der Waals surface area contributed by atoms with E-state index in [1.165, 1.54) is 0 Å². The molecule has 2 atom stereocenters. The molecule has 2 saturated heterocycles. The fraction of sp³-hybridized carbons (Fsp3) is 0.360. The molecule has 0 radical (unpaired) electrons. The minimum atomic E-state index is -0.429. The molecule has 2 amide bonds. The molecule has 3 heterocycles. The van der Waals surface area contributed by atoms with Crippen molar-refractivity contribution in [1.29, 1.82) is 0 Å². The number of hydrogen-bond donors (Lipinski definition) is 2. The van der Waals surface area contributed by atoms with Gasteiger partial charge in [-0.2, -0.15) is 0 Å². The lowest BCUT2D eigenvalue weighted by Gasteiger charge is -2.48. The number of aryl methyl sites for hydroxylation is 1. The SMILES string of the molecule is COc1ccc([C@H]2N(C(=O)c3cc4c(C)cccc4[nH]3)CCC[C@]23CCC(=O)N3)cc1. The molecule has 0 unspecified atom stereocenters. The number of fused-ring (bicyclic) bond motifs is 1. The summed E-state index contributed by atoms with van der Waals surface area (Å²) in [5.41, 5.74) is 3.28. The van der Waals surface area contributed by atoms with Crippen molar-refractivity contribution in [2.75, 3.05) is 13.7 Å². The number of carbonyl (C=O) groups excluding carboxylic acids is 2. The van der Waals surface area contributed by atoms with E-state index in [0.29, 0.717) is 18.7 Å². The molecule has 2 aliphatic heterocycles. The number of nitrogens with zero attached hydrogens (tertiary/aromatic N) is 1. The maximum Gasteiger partial charge on any atom is 0.270 e. The number of ether oxygens (including phenoxy) is 1. The van der Waals surface area contributed by atoms with Gasteiger partial charge in [0.1, 0.15) is 11.4 Å². The summed E-state index contributed by atoms with van der Waals surface area (Å²) in [5.74, 6) is 0.804. The number of methoxy groups -OCH3 is 1. The number of hydrogen-bond acceptors (Lipinski definition) is 3. The molecule has 0 saturated carbocycles. The molecule has 0 aliphatic carbocycles.